The van der Waals surface area contributed by atoms with Crippen molar-refractivity contribution >= 4 is 11.7 Å². The SMILES string of the molecule is COc1cc(N2Cc3ccccc3C3(CCN(C(=O)c4ccco4)CC3)C2)ncn1. The molecule has 0 bridgehead atoms. The number of carbonyl (C=O) groups excluding carboxylic acids is 1. The van der Waals surface area contributed by atoms with Crippen molar-refractivity contribution in [3.8, 4) is 5.88 Å². The lowest BCUT2D eigenvalue weighted by atomic mass is 9.69. The summed E-state index contributed by atoms with van der Waals surface area (Å²) in [6.45, 7) is 3.06. The molecule has 0 aliphatic carbocycles. The lowest BCUT2D eigenvalue weighted by molar-refractivity contribution is 0.0633. The van der Waals surface area contributed by atoms with Gasteiger partial charge in [-0.2, -0.15) is 0 Å². The van der Waals surface area contributed by atoms with Gasteiger partial charge >= 0.3 is 0 Å². The van der Waals surface area contributed by atoms with E-state index in [9.17, 15) is 4.79 Å². The minimum Gasteiger partial charge on any atom is -0.481 e. The van der Waals surface area contributed by atoms with E-state index in [-0.39, 0.29) is 11.3 Å². The Morgan fingerprint density at radius 2 is 1.97 bits per heavy atom. The highest BCUT2D eigenvalue weighted by Crippen LogP contribution is 2.43. The van der Waals surface area contributed by atoms with Crippen molar-refractivity contribution in [2.45, 2.75) is 24.8 Å². The molecule has 1 fully saturated rings. The van der Waals surface area contributed by atoms with Gasteiger partial charge < -0.3 is 19.0 Å². The van der Waals surface area contributed by atoms with Crippen LogP contribution in [-0.2, 0) is 12.0 Å². The lowest BCUT2D eigenvalue weighted by Gasteiger charge is -2.49. The molecule has 7 nitrogen and oxygen atoms in total. The van der Waals surface area contributed by atoms with Crippen LogP contribution in [0.2, 0.25) is 0 Å². The number of nitrogens with zero attached hydrogens (tertiary/aromatic N) is 4. The van der Waals surface area contributed by atoms with Gasteiger partial charge in [-0.3, -0.25) is 4.79 Å². The van der Waals surface area contributed by atoms with Gasteiger partial charge in [-0.1, -0.05) is 24.3 Å². The fourth-order valence-electron chi connectivity index (χ4n) is 4.79. The molecular weight excluding hydrogens is 380 g/mol. The van der Waals surface area contributed by atoms with E-state index >= 15 is 0 Å². The molecule has 2 aliphatic rings. The number of furan rings is 1. The van der Waals surface area contributed by atoms with Crippen molar-refractivity contribution < 1.29 is 13.9 Å². The first kappa shape index (κ1) is 18.7. The Balaban J connectivity index is 1.43. The normalized spacial score (nSPS) is 17.6. The van der Waals surface area contributed by atoms with E-state index in [2.05, 4.69) is 39.1 Å². The fourth-order valence-corrected chi connectivity index (χ4v) is 4.79. The lowest BCUT2D eigenvalue weighted by Crippen LogP contribution is -2.53. The number of carbonyl (C=O) groups is 1. The maximum absolute atomic E-state index is 12.7. The molecule has 2 aliphatic heterocycles. The van der Waals surface area contributed by atoms with Crippen molar-refractivity contribution in [1.82, 2.24) is 14.9 Å². The van der Waals surface area contributed by atoms with Gasteiger partial charge in [0.25, 0.3) is 5.91 Å². The summed E-state index contributed by atoms with van der Waals surface area (Å²) in [5.41, 5.74) is 2.69. The Morgan fingerprint density at radius 3 is 2.73 bits per heavy atom. The third kappa shape index (κ3) is 3.20. The van der Waals surface area contributed by atoms with Gasteiger partial charge in [-0.05, 0) is 36.1 Å². The van der Waals surface area contributed by atoms with Gasteiger partial charge in [0.2, 0.25) is 5.88 Å². The van der Waals surface area contributed by atoms with Crippen molar-refractivity contribution in [3.63, 3.8) is 0 Å². The number of rotatable bonds is 3. The second-order valence-electron chi connectivity index (χ2n) is 7.98. The number of hydrogen-bond acceptors (Lipinski definition) is 6. The van der Waals surface area contributed by atoms with Crippen LogP contribution in [0.15, 0.2) is 59.5 Å². The average molecular weight is 404 g/mol. The van der Waals surface area contributed by atoms with E-state index in [0.717, 1.165) is 31.7 Å². The van der Waals surface area contributed by atoms with Crippen LogP contribution in [0.1, 0.15) is 34.5 Å². The number of fused-ring (bicyclic) bond motifs is 2. The summed E-state index contributed by atoms with van der Waals surface area (Å²) in [4.78, 5) is 25.6. The van der Waals surface area contributed by atoms with Crippen LogP contribution in [-0.4, -0.2) is 47.5 Å². The molecule has 3 aromatic rings. The van der Waals surface area contributed by atoms with Crippen molar-refractivity contribution in [2.75, 3.05) is 31.6 Å². The number of amides is 1. The topological polar surface area (TPSA) is 71.7 Å². The van der Waals surface area contributed by atoms with Crippen molar-refractivity contribution in [3.05, 3.63) is 71.9 Å². The molecule has 0 radical (unpaired) electrons. The predicted octanol–water partition coefficient (Wildman–Crippen LogP) is 3.27. The third-order valence-electron chi connectivity index (χ3n) is 6.34. The zero-order valence-corrected chi connectivity index (χ0v) is 17.0. The molecule has 0 atom stereocenters. The largest absolute Gasteiger partial charge is 0.481 e. The first-order valence-electron chi connectivity index (χ1n) is 10.2. The molecule has 0 saturated carbocycles. The van der Waals surface area contributed by atoms with E-state index < -0.39 is 0 Å². The molecule has 2 aromatic heterocycles. The van der Waals surface area contributed by atoms with Crippen LogP contribution in [0.4, 0.5) is 5.82 Å². The summed E-state index contributed by atoms with van der Waals surface area (Å²) >= 11 is 0. The first-order chi connectivity index (χ1) is 14.7. The number of piperidine rings is 1. The van der Waals surface area contributed by atoms with E-state index in [1.165, 1.54) is 11.1 Å². The second kappa shape index (κ2) is 7.48. The molecule has 154 valence electrons. The van der Waals surface area contributed by atoms with E-state index in [4.69, 9.17) is 9.15 Å². The number of benzene rings is 1. The van der Waals surface area contributed by atoms with Crippen LogP contribution in [0.5, 0.6) is 5.88 Å². The molecular formula is C23H24N4O3. The van der Waals surface area contributed by atoms with E-state index in [0.29, 0.717) is 24.7 Å². The van der Waals surface area contributed by atoms with Crippen molar-refractivity contribution in [1.29, 1.82) is 0 Å². The standard InChI is InChI=1S/C23H24N4O3/c1-29-21-13-20(24-16-25-21)27-14-17-5-2-3-6-18(17)23(15-27)8-10-26(11-9-23)22(28)19-7-4-12-30-19/h2-7,12-13,16H,8-11,14-15H2,1H3. The van der Waals surface area contributed by atoms with Crippen molar-refractivity contribution in [2.24, 2.45) is 0 Å². The highest BCUT2D eigenvalue weighted by Gasteiger charge is 2.43. The quantitative estimate of drug-likeness (QED) is 0.667. The molecule has 7 heteroatoms. The van der Waals surface area contributed by atoms with Gasteiger partial charge in [0.05, 0.1) is 13.4 Å². The maximum atomic E-state index is 12.7. The highest BCUT2D eigenvalue weighted by atomic mass is 16.5. The number of ether oxygens (including phenoxy) is 1. The van der Waals surface area contributed by atoms with Gasteiger partial charge in [0, 0.05) is 37.7 Å². The number of anilines is 1. The number of hydrogen-bond donors (Lipinski definition) is 0. The van der Waals surface area contributed by atoms with Gasteiger partial charge in [-0.15, -0.1) is 0 Å². The summed E-state index contributed by atoms with van der Waals surface area (Å²) in [7, 11) is 1.62. The average Bonchev–Trinajstić information content (AvgIpc) is 3.34. The van der Waals surface area contributed by atoms with Crippen LogP contribution >= 0.6 is 0 Å². The molecule has 1 aromatic carbocycles. The Labute approximate surface area is 175 Å². The van der Waals surface area contributed by atoms with Crippen LogP contribution in [0, 0.1) is 0 Å². The molecule has 1 amide bonds. The molecule has 0 N–H and O–H groups in total. The maximum Gasteiger partial charge on any atom is 0.289 e. The van der Waals surface area contributed by atoms with Crippen LogP contribution < -0.4 is 9.64 Å². The van der Waals surface area contributed by atoms with Gasteiger partial charge in [0.15, 0.2) is 5.76 Å². The molecule has 30 heavy (non-hydrogen) atoms. The second-order valence-corrected chi connectivity index (χ2v) is 7.98. The van der Waals surface area contributed by atoms with Crippen LogP contribution in [0.25, 0.3) is 0 Å². The van der Waals surface area contributed by atoms with Crippen LogP contribution in [0.3, 0.4) is 0 Å². The highest BCUT2D eigenvalue weighted by molar-refractivity contribution is 5.91. The summed E-state index contributed by atoms with van der Waals surface area (Å²) in [6, 6.07) is 14.0. The summed E-state index contributed by atoms with van der Waals surface area (Å²) in [6.07, 6.45) is 4.89. The Kier molecular flexibility index (Phi) is 4.65. The Morgan fingerprint density at radius 1 is 1.13 bits per heavy atom. The molecule has 0 unspecified atom stereocenters. The smallest absolute Gasteiger partial charge is 0.289 e. The molecule has 1 saturated heterocycles. The summed E-state index contributed by atoms with van der Waals surface area (Å²) < 4.78 is 10.6. The number of likely N-dealkylation sites (tertiary alicyclic amines) is 1. The minimum atomic E-state index is -0.0312. The third-order valence-corrected chi connectivity index (χ3v) is 6.34. The monoisotopic (exact) mass is 404 g/mol. The fraction of sp³-hybridized carbons (Fsp3) is 0.348. The number of methoxy groups -OCH3 is 1. The van der Waals surface area contributed by atoms with Gasteiger partial charge in [-0.25, -0.2) is 9.97 Å². The predicted molar refractivity (Wildman–Crippen MR) is 112 cm³/mol. The van der Waals surface area contributed by atoms with E-state index in [1.54, 1.807) is 31.8 Å². The summed E-state index contributed by atoms with van der Waals surface area (Å²) in [5.74, 6) is 1.80. The Bertz CT molecular complexity index is 1040. The minimum absolute atomic E-state index is 0.0209. The van der Waals surface area contributed by atoms with Gasteiger partial charge in [0.1, 0.15) is 12.1 Å². The zero-order valence-electron chi connectivity index (χ0n) is 17.0. The Hall–Kier alpha value is -3.35. The summed E-state index contributed by atoms with van der Waals surface area (Å²) in [5, 5.41) is 0. The number of aromatic nitrogens is 2. The molecule has 4 heterocycles. The molecule has 5 rings (SSSR count). The molecule has 1 spiro atoms. The first-order valence-corrected chi connectivity index (χ1v) is 10.2. The van der Waals surface area contributed by atoms with E-state index in [1.807, 2.05) is 11.0 Å². The zero-order chi connectivity index (χ0) is 20.6.